The maximum atomic E-state index is 12.7. The van der Waals surface area contributed by atoms with Gasteiger partial charge in [-0.25, -0.2) is 0 Å². The number of piperazine rings is 1. The van der Waals surface area contributed by atoms with E-state index in [1.807, 2.05) is 59.5 Å². The van der Waals surface area contributed by atoms with Crippen LogP contribution in [0.4, 0.5) is 0 Å². The van der Waals surface area contributed by atoms with E-state index < -0.39 is 0 Å². The zero-order valence-electron chi connectivity index (χ0n) is 17.4. The lowest BCUT2D eigenvalue weighted by Gasteiger charge is -2.34. The highest BCUT2D eigenvalue weighted by Gasteiger charge is 2.24. The van der Waals surface area contributed by atoms with Gasteiger partial charge in [0.15, 0.2) is 0 Å². The second-order valence-electron chi connectivity index (χ2n) is 7.91. The zero-order chi connectivity index (χ0) is 21.1. The predicted molar refractivity (Wildman–Crippen MR) is 118 cm³/mol. The summed E-state index contributed by atoms with van der Waals surface area (Å²) in [6.07, 6.45) is 3.25. The van der Waals surface area contributed by atoms with Crippen LogP contribution >= 0.6 is 0 Å². The SMILES string of the molecule is CC(C)c1ccc(C(=O)N2CCN(C(=O)/C=C/c3cc4ccccc4o3)CC2)cc1. The van der Waals surface area contributed by atoms with Gasteiger partial charge in [0.2, 0.25) is 5.91 Å². The molecule has 2 heterocycles. The number of rotatable bonds is 4. The number of carbonyl (C=O) groups excluding carboxylic acids is 2. The molecule has 0 N–H and O–H groups in total. The van der Waals surface area contributed by atoms with Crippen LogP contribution in [-0.4, -0.2) is 47.8 Å². The van der Waals surface area contributed by atoms with Crippen molar-refractivity contribution in [3.8, 4) is 0 Å². The quantitative estimate of drug-likeness (QED) is 0.602. The summed E-state index contributed by atoms with van der Waals surface area (Å²) >= 11 is 0. The second-order valence-corrected chi connectivity index (χ2v) is 7.91. The fourth-order valence-electron chi connectivity index (χ4n) is 3.67. The normalized spacial score (nSPS) is 14.8. The van der Waals surface area contributed by atoms with E-state index in [1.165, 1.54) is 5.56 Å². The van der Waals surface area contributed by atoms with Crippen LogP contribution in [0.1, 0.15) is 41.4 Å². The Kier molecular flexibility index (Phi) is 5.70. The Morgan fingerprint density at radius 1 is 0.933 bits per heavy atom. The molecule has 2 aromatic carbocycles. The Bertz CT molecular complexity index is 1040. The molecule has 1 aliphatic heterocycles. The fraction of sp³-hybridized carbons (Fsp3) is 0.280. The molecule has 1 fully saturated rings. The van der Waals surface area contributed by atoms with Crippen molar-refractivity contribution in [2.24, 2.45) is 0 Å². The van der Waals surface area contributed by atoms with Crippen molar-refractivity contribution in [3.05, 3.63) is 77.6 Å². The summed E-state index contributed by atoms with van der Waals surface area (Å²) in [5.74, 6) is 1.05. The van der Waals surface area contributed by atoms with Crippen molar-refractivity contribution in [3.63, 3.8) is 0 Å². The largest absolute Gasteiger partial charge is 0.457 e. The van der Waals surface area contributed by atoms with Gasteiger partial charge in [-0.2, -0.15) is 0 Å². The number of fused-ring (bicyclic) bond motifs is 1. The second kappa shape index (κ2) is 8.57. The van der Waals surface area contributed by atoms with Gasteiger partial charge in [-0.3, -0.25) is 9.59 Å². The van der Waals surface area contributed by atoms with Crippen LogP contribution in [0.3, 0.4) is 0 Å². The third-order valence-electron chi connectivity index (χ3n) is 5.54. The Labute approximate surface area is 176 Å². The minimum Gasteiger partial charge on any atom is -0.457 e. The van der Waals surface area contributed by atoms with Crippen molar-refractivity contribution in [2.45, 2.75) is 19.8 Å². The Morgan fingerprint density at radius 3 is 2.27 bits per heavy atom. The van der Waals surface area contributed by atoms with E-state index >= 15 is 0 Å². The number of benzene rings is 2. The summed E-state index contributed by atoms with van der Waals surface area (Å²) < 4.78 is 5.72. The van der Waals surface area contributed by atoms with E-state index in [-0.39, 0.29) is 11.8 Å². The van der Waals surface area contributed by atoms with E-state index in [9.17, 15) is 9.59 Å². The number of hydrogen-bond donors (Lipinski definition) is 0. The van der Waals surface area contributed by atoms with Gasteiger partial charge in [-0.15, -0.1) is 0 Å². The number of furan rings is 1. The van der Waals surface area contributed by atoms with Crippen molar-refractivity contribution in [2.75, 3.05) is 26.2 Å². The molecular weight excluding hydrogens is 376 g/mol. The average Bonchev–Trinajstić information content (AvgIpc) is 3.20. The highest BCUT2D eigenvalue weighted by molar-refractivity contribution is 5.95. The van der Waals surface area contributed by atoms with Crippen molar-refractivity contribution < 1.29 is 14.0 Å². The van der Waals surface area contributed by atoms with Crippen LogP contribution in [0.25, 0.3) is 17.0 Å². The minimum absolute atomic E-state index is 0.0234. The summed E-state index contributed by atoms with van der Waals surface area (Å²) in [5, 5.41) is 1.01. The molecule has 3 aromatic rings. The number of hydrogen-bond acceptors (Lipinski definition) is 3. The lowest BCUT2D eigenvalue weighted by molar-refractivity contribution is -0.127. The highest BCUT2D eigenvalue weighted by Crippen LogP contribution is 2.20. The van der Waals surface area contributed by atoms with Crippen LogP contribution in [0.15, 0.2) is 65.1 Å². The molecule has 0 aliphatic carbocycles. The van der Waals surface area contributed by atoms with E-state index in [0.717, 1.165) is 11.0 Å². The molecule has 0 atom stereocenters. The lowest BCUT2D eigenvalue weighted by Crippen LogP contribution is -2.50. The highest BCUT2D eigenvalue weighted by atomic mass is 16.3. The summed E-state index contributed by atoms with van der Waals surface area (Å²) in [6.45, 7) is 6.40. The first kappa shape index (κ1) is 20.0. The number of para-hydroxylation sites is 1. The van der Waals surface area contributed by atoms with E-state index in [1.54, 1.807) is 17.1 Å². The first-order chi connectivity index (χ1) is 14.5. The molecule has 1 saturated heterocycles. The van der Waals surface area contributed by atoms with Crippen molar-refractivity contribution >= 4 is 28.9 Å². The zero-order valence-corrected chi connectivity index (χ0v) is 17.4. The van der Waals surface area contributed by atoms with Gasteiger partial charge in [0, 0.05) is 43.2 Å². The molecule has 5 heteroatoms. The lowest BCUT2D eigenvalue weighted by atomic mass is 10.0. The van der Waals surface area contributed by atoms with Crippen LogP contribution in [0.5, 0.6) is 0 Å². The molecule has 0 saturated carbocycles. The maximum absolute atomic E-state index is 12.7. The first-order valence-electron chi connectivity index (χ1n) is 10.4. The Balaban J connectivity index is 1.33. The molecule has 0 radical (unpaired) electrons. The number of amides is 2. The van der Waals surface area contributed by atoms with Gasteiger partial charge in [0.1, 0.15) is 11.3 Å². The molecular formula is C25H26N2O3. The molecule has 30 heavy (non-hydrogen) atoms. The van der Waals surface area contributed by atoms with Crippen LogP contribution in [-0.2, 0) is 4.79 Å². The molecule has 154 valence electrons. The Hall–Kier alpha value is -3.34. The van der Waals surface area contributed by atoms with Gasteiger partial charge >= 0.3 is 0 Å². The van der Waals surface area contributed by atoms with Gasteiger partial charge in [0.25, 0.3) is 5.91 Å². The van der Waals surface area contributed by atoms with Crippen molar-refractivity contribution in [1.29, 1.82) is 0 Å². The molecule has 1 aliphatic rings. The molecule has 2 amide bonds. The molecule has 0 unspecified atom stereocenters. The van der Waals surface area contributed by atoms with Gasteiger partial charge in [-0.1, -0.05) is 44.2 Å². The predicted octanol–water partition coefficient (Wildman–Crippen LogP) is 4.55. The van der Waals surface area contributed by atoms with E-state index in [4.69, 9.17) is 4.42 Å². The summed E-state index contributed by atoms with van der Waals surface area (Å²) in [7, 11) is 0. The third-order valence-corrected chi connectivity index (χ3v) is 5.54. The van der Waals surface area contributed by atoms with E-state index in [2.05, 4.69) is 13.8 Å². The van der Waals surface area contributed by atoms with E-state index in [0.29, 0.717) is 43.4 Å². The molecule has 1 aromatic heterocycles. The van der Waals surface area contributed by atoms with Crippen LogP contribution < -0.4 is 0 Å². The monoisotopic (exact) mass is 402 g/mol. The summed E-state index contributed by atoms with van der Waals surface area (Å²) in [6, 6.07) is 17.5. The fourth-order valence-corrected chi connectivity index (χ4v) is 3.67. The van der Waals surface area contributed by atoms with Crippen LogP contribution in [0, 0.1) is 0 Å². The number of carbonyl (C=O) groups is 2. The van der Waals surface area contributed by atoms with Gasteiger partial charge < -0.3 is 14.2 Å². The third kappa shape index (κ3) is 4.30. The topological polar surface area (TPSA) is 53.8 Å². The van der Waals surface area contributed by atoms with Gasteiger partial charge in [0.05, 0.1) is 0 Å². The Morgan fingerprint density at radius 2 is 1.60 bits per heavy atom. The molecule has 4 rings (SSSR count). The average molecular weight is 402 g/mol. The minimum atomic E-state index is -0.0659. The first-order valence-corrected chi connectivity index (χ1v) is 10.4. The van der Waals surface area contributed by atoms with Gasteiger partial charge in [-0.05, 0) is 41.8 Å². The van der Waals surface area contributed by atoms with Crippen molar-refractivity contribution in [1.82, 2.24) is 9.80 Å². The molecule has 0 bridgehead atoms. The molecule has 0 spiro atoms. The number of nitrogens with zero attached hydrogens (tertiary/aromatic N) is 2. The smallest absolute Gasteiger partial charge is 0.253 e. The van der Waals surface area contributed by atoms with Crippen LogP contribution in [0.2, 0.25) is 0 Å². The summed E-state index contributed by atoms with van der Waals surface area (Å²) in [5.41, 5.74) is 2.72. The summed E-state index contributed by atoms with van der Waals surface area (Å²) in [4.78, 5) is 28.9. The maximum Gasteiger partial charge on any atom is 0.253 e. The standard InChI is InChI=1S/C25H26N2O3/c1-18(2)19-7-9-20(10-8-19)25(29)27-15-13-26(14-16-27)24(28)12-11-22-17-21-5-3-4-6-23(21)30-22/h3-12,17-18H,13-16H2,1-2H3/b12-11+. The molecule has 5 nitrogen and oxygen atoms in total.